The number of hydrogen-bond acceptors (Lipinski definition) is 0. The summed E-state index contributed by atoms with van der Waals surface area (Å²) in [5.41, 5.74) is 0. The largest absolute Gasteiger partial charge is 1.00 e. The molecule has 112 valence electrons. The summed E-state index contributed by atoms with van der Waals surface area (Å²) < 4.78 is 5.89. The van der Waals surface area contributed by atoms with Gasteiger partial charge in [0, 0.05) is 0 Å². The Bertz CT molecular complexity index is 584. The van der Waals surface area contributed by atoms with E-state index in [-0.39, 0.29) is 12.4 Å². The zero-order chi connectivity index (χ0) is 14.5. The Kier molecular flexibility index (Phi) is 6.12. The molecule has 3 aromatic carbocycles. The Morgan fingerprint density at radius 2 is 0.818 bits per heavy atom. The smallest absolute Gasteiger partial charge is 1.00 e. The van der Waals surface area contributed by atoms with Crippen LogP contribution in [0.15, 0.2) is 91.0 Å². The van der Waals surface area contributed by atoms with Gasteiger partial charge in [-0.25, -0.2) is 0 Å². The van der Waals surface area contributed by atoms with Crippen LogP contribution >= 0.6 is 0 Å². The van der Waals surface area contributed by atoms with Gasteiger partial charge in [-0.15, -0.1) is 0 Å². The molecule has 0 amide bonds. The van der Waals surface area contributed by atoms with Gasteiger partial charge in [0.05, 0.1) is 0 Å². The van der Waals surface area contributed by atoms with Crippen LogP contribution < -0.4 is 22.9 Å². The van der Waals surface area contributed by atoms with Crippen molar-refractivity contribution in [2.45, 2.75) is 11.3 Å². The molecule has 0 aromatic heterocycles. The van der Waals surface area contributed by atoms with E-state index in [9.17, 15) is 0 Å². The number of halogens is 1. The molecule has 0 radical (unpaired) electrons. The van der Waals surface area contributed by atoms with Crippen LogP contribution in [0.2, 0.25) is 4.37 Å². The maximum atomic E-state index is 2.36. The first-order chi connectivity index (χ1) is 10.4. The van der Waals surface area contributed by atoms with E-state index in [1.54, 1.807) is 10.5 Å². The van der Waals surface area contributed by atoms with Crippen LogP contribution in [0.25, 0.3) is 0 Å². The molecule has 0 atom stereocenters. The summed E-state index contributed by atoms with van der Waals surface area (Å²) in [6, 6.07) is 33.4. The van der Waals surface area contributed by atoms with Crippen molar-refractivity contribution in [1.29, 1.82) is 0 Å². The van der Waals surface area contributed by atoms with Crippen LogP contribution in [0, 0.1) is 0 Å². The summed E-state index contributed by atoms with van der Waals surface area (Å²) in [6.07, 6.45) is 0. The van der Waals surface area contributed by atoms with Gasteiger partial charge >= 0.3 is 132 Å². The molecule has 0 nitrogen and oxygen atoms in total. The van der Waals surface area contributed by atoms with Gasteiger partial charge in [0.25, 0.3) is 0 Å². The summed E-state index contributed by atoms with van der Waals surface area (Å²) in [4.78, 5) is 0. The number of rotatable bonds is 4. The van der Waals surface area contributed by atoms with Crippen molar-refractivity contribution in [1.82, 2.24) is 0 Å². The van der Waals surface area contributed by atoms with Crippen molar-refractivity contribution >= 4 is 29.3 Å². The average Bonchev–Trinajstić information content (AvgIpc) is 2.59. The molecule has 0 saturated heterocycles. The topological polar surface area (TPSA) is 0 Å². The van der Waals surface area contributed by atoms with Crippen molar-refractivity contribution in [2.24, 2.45) is 0 Å². The molecule has 0 fully saturated rings. The normalized spacial score (nSPS) is 10.8. The molecule has 0 aliphatic carbocycles. The van der Waals surface area contributed by atoms with E-state index in [4.69, 9.17) is 0 Å². The molecular weight excluding hydrogens is 397 g/mol. The Morgan fingerprint density at radius 3 is 1.05 bits per heavy atom. The second-order valence-electron chi connectivity index (χ2n) is 5.13. The fraction of sp³-hybridized carbons (Fsp3) is 0.100. The first-order valence-corrected chi connectivity index (χ1v) is 13.1. The molecule has 0 unspecified atom stereocenters. The van der Waals surface area contributed by atoms with Crippen LogP contribution in [0.3, 0.4) is 0 Å². The number of benzene rings is 3. The molecule has 0 aliphatic rings. The van der Waals surface area contributed by atoms with Gasteiger partial charge in [0.15, 0.2) is 0 Å². The van der Waals surface area contributed by atoms with Crippen molar-refractivity contribution in [3.05, 3.63) is 91.0 Å². The minimum absolute atomic E-state index is 0. The second-order valence-corrected chi connectivity index (χ2v) is 16.0. The van der Waals surface area contributed by atoms with Gasteiger partial charge in [-0.3, -0.25) is 0 Å². The fourth-order valence-electron chi connectivity index (χ4n) is 3.04. The molecule has 0 bridgehead atoms. The molecule has 22 heavy (non-hydrogen) atoms. The predicted octanol–water partition coefficient (Wildman–Crippen LogP) is 0.181. The minimum Gasteiger partial charge on any atom is -1.00 e. The summed E-state index contributed by atoms with van der Waals surface area (Å²) in [5, 5.41) is 0. The standard InChI is InChI=1S/3C6H5.C2H5.ClH.Sb/c3*1-2-4-6-5-3-1;1-2;;/h3*1-5H;1H2,2H3;1H;/q;;;;;+1/p-1. The molecule has 0 aliphatic heterocycles. The molecule has 0 N–H and O–H groups in total. The average molecular weight is 418 g/mol. The SMILES string of the molecule is C[CH2][Sb+]([c]1ccccc1)([c]1ccccc1)[c]1ccccc1.[Cl-]. The first-order valence-electron chi connectivity index (χ1n) is 7.43. The van der Waals surface area contributed by atoms with Crippen LogP contribution in [0.5, 0.6) is 0 Å². The Hall–Kier alpha value is -1.23. The maximum absolute atomic E-state index is 2.70. The third-order valence-corrected chi connectivity index (χ3v) is 16.9. The van der Waals surface area contributed by atoms with Crippen molar-refractivity contribution in [3.63, 3.8) is 0 Å². The van der Waals surface area contributed by atoms with Gasteiger partial charge < -0.3 is 12.4 Å². The Balaban J connectivity index is 0.00000176. The van der Waals surface area contributed by atoms with Gasteiger partial charge in [0.2, 0.25) is 0 Å². The van der Waals surface area contributed by atoms with E-state index in [0.717, 1.165) is 0 Å². The molecular formula is C20H20ClSb. The monoisotopic (exact) mass is 416 g/mol. The van der Waals surface area contributed by atoms with E-state index in [2.05, 4.69) is 97.9 Å². The summed E-state index contributed by atoms with van der Waals surface area (Å²) in [5.74, 6) is 0. The molecule has 3 rings (SSSR count). The van der Waals surface area contributed by atoms with Crippen molar-refractivity contribution < 1.29 is 12.4 Å². The molecule has 0 saturated carbocycles. The third kappa shape index (κ3) is 3.09. The third-order valence-electron chi connectivity index (χ3n) is 4.07. The van der Waals surface area contributed by atoms with Crippen molar-refractivity contribution in [3.8, 4) is 0 Å². The molecule has 3 aromatic rings. The van der Waals surface area contributed by atoms with Crippen LogP contribution in [0.4, 0.5) is 0 Å². The van der Waals surface area contributed by atoms with Crippen molar-refractivity contribution in [2.75, 3.05) is 0 Å². The van der Waals surface area contributed by atoms with E-state index >= 15 is 0 Å². The van der Waals surface area contributed by atoms with Crippen LogP contribution in [-0.2, 0) is 0 Å². The molecule has 0 spiro atoms. The summed E-state index contributed by atoms with van der Waals surface area (Å²) >= 11 is -2.70. The summed E-state index contributed by atoms with van der Waals surface area (Å²) in [6.45, 7) is 2.36. The van der Waals surface area contributed by atoms with Gasteiger partial charge in [-0.05, 0) is 0 Å². The van der Waals surface area contributed by atoms with E-state index in [1.807, 2.05) is 0 Å². The predicted molar refractivity (Wildman–Crippen MR) is 94.5 cm³/mol. The second kappa shape index (κ2) is 7.86. The van der Waals surface area contributed by atoms with Gasteiger partial charge in [-0.2, -0.15) is 0 Å². The quantitative estimate of drug-likeness (QED) is 0.532. The summed E-state index contributed by atoms with van der Waals surface area (Å²) in [7, 11) is 0. The van der Waals surface area contributed by atoms with Crippen LogP contribution in [-0.4, -0.2) is 18.8 Å². The maximum Gasteiger partial charge on any atom is -1.00 e. The molecule has 2 heteroatoms. The Labute approximate surface area is 143 Å². The van der Waals surface area contributed by atoms with Crippen LogP contribution in [0.1, 0.15) is 6.92 Å². The first kappa shape index (κ1) is 17.1. The number of hydrogen-bond donors (Lipinski definition) is 0. The van der Waals surface area contributed by atoms with Gasteiger partial charge in [-0.1, -0.05) is 0 Å². The van der Waals surface area contributed by atoms with E-state index in [1.165, 1.54) is 4.37 Å². The molecule has 0 heterocycles. The zero-order valence-corrected chi connectivity index (χ0v) is 16.0. The zero-order valence-electron chi connectivity index (χ0n) is 12.7. The Morgan fingerprint density at radius 1 is 0.545 bits per heavy atom. The minimum atomic E-state index is -2.70. The van der Waals surface area contributed by atoms with Gasteiger partial charge in [0.1, 0.15) is 0 Å². The van der Waals surface area contributed by atoms with E-state index < -0.39 is 18.8 Å². The van der Waals surface area contributed by atoms with E-state index in [0.29, 0.717) is 0 Å². The fourth-order valence-corrected chi connectivity index (χ4v) is 14.6.